The molecule has 300 valence electrons. The van der Waals surface area contributed by atoms with Crippen molar-refractivity contribution >= 4 is 23.3 Å². The second-order valence-electron chi connectivity index (χ2n) is 14.0. The molecule has 2 unspecified atom stereocenters. The van der Waals surface area contributed by atoms with Crippen LogP contribution in [0.4, 0.5) is 5.69 Å². The van der Waals surface area contributed by atoms with Crippen molar-refractivity contribution in [2.24, 2.45) is 10.7 Å². The van der Waals surface area contributed by atoms with Crippen molar-refractivity contribution in [1.82, 2.24) is 20.0 Å². The highest BCUT2D eigenvalue weighted by Crippen LogP contribution is 2.43. The number of nitrogens with zero attached hydrogens (tertiary/aromatic N) is 5. The maximum absolute atomic E-state index is 13.3. The Morgan fingerprint density at radius 2 is 1.76 bits per heavy atom. The van der Waals surface area contributed by atoms with Crippen LogP contribution in [0.3, 0.4) is 0 Å². The number of carbonyl (C=O) groups excluding carboxylic acids is 2. The molecule has 3 rings (SSSR count). The average molecular weight is 752 g/mol. The minimum atomic E-state index is -0.858. The van der Waals surface area contributed by atoms with Gasteiger partial charge >= 0.3 is 0 Å². The first-order valence-electron chi connectivity index (χ1n) is 19.7. The molecule has 1 aliphatic carbocycles. The number of nitriles is 1. The Kier molecular flexibility index (Phi) is 22.0. The molecule has 2 aromatic carbocycles. The number of fused-ring (bicyclic) bond motifs is 1. The number of hydrogen-bond acceptors (Lipinski definition) is 6. The fraction of sp³-hybridized carbons (Fsp3) is 0.478. The zero-order chi connectivity index (χ0) is 41.6. The Balaban J connectivity index is 0.00000288. The smallest absolute Gasteiger partial charge is 0.253 e. The molecule has 0 saturated carbocycles. The van der Waals surface area contributed by atoms with Gasteiger partial charge in [-0.3, -0.25) is 9.59 Å². The molecule has 0 radical (unpaired) electrons. The van der Waals surface area contributed by atoms with Crippen molar-refractivity contribution in [2.45, 2.75) is 97.9 Å². The number of benzene rings is 2. The summed E-state index contributed by atoms with van der Waals surface area (Å²) >= 11 is 0. The van der Waals surface area contributed by atoms with E-state index in [9.17, 15) is 14.9 Å². The number of aryl methyl sites for hydroxylation is 2. The summed E-state index contributed by atoms with van der Waals surface area (Å²) in [4.78, 5) is 36.7. The number of rotatable bonds is 17. The Morgan fingerprint density at radius 1 is 1.11 bits per heavy atom. The van der Waals surface area contributed by atoms with Gasteiger partial charge in [0.1, 0.15) is 11.9 Å². The molecule has 2 atom stereocenters. The predicted octanol–water partition coefficient (Wildman–Crippen LogP) is 8.65. The summed E-state index contributed by atoms with van der Waals surface area (Å²) in [6.07, 6.45) is 13.8. The first kappa shape index (κ1) is 48.1. The van der Waals surface area contributed by atoms with Crippen LogP contribution in [0, 0.1) is 18.3 Å². The van der Waals surface area contributed by atoms with Crippen LogP contribution in [0.15, 0.2) is 96.2 Å². The highest BCUT2D eigenvalue weighted by Gasteiger charge is 2.42. The van der Waals surface area contributed by atoms with E-state index in [4.69, 9.17) is 10.7 Å². The lowest BCUT2D eigenvalue weighted by Gasteiger charge is -2.37. The van der Waals surface area contributed by atoms with Crippen molar-refractivity contribution in [3.8, 4) is 6.07 Å². The number of nitrogens with one attached hydrogen (secondary N) is 1. The largest absolute Gasteiger partial charge is 0.386 e. The van der Waals surface area contributed by atoms with Gasteiger partial charge in [0.15, 0.2) is 0 Å². The zero-order valence-corrected chi connectivity index (χ0v) is 35.5. The molecule has 9 nitrogen and oxygen atoms in total. The van der Waals surface area contributed by atoms with Gasteiger partial charge in [-0.05, 0) is 107 Å². The second-order valence-corrected chi connectivity index (χ2v) is 14.0. The number of allylic oxidation sites excluding steroid dienone is 5. The summed E-state index contributed by atoms with van der Waals surface area (Å²) in [5.74, 6) is 0.283. The first-order valence-corrected chi connectivity index (χ1v) is 19.7. The normalized spacial score (nSPS) is 15.4. The van der Waals surface area contributed by atoms with Crippen molar-refractivity contribution in [2.75, 3.05) is 47.8 Å². The molecule has 0 spiro atoms. The van der Waals surface area contributed by atoms with E-state index in [0.29, 0.717) is 30.9 Å². The lowest BCUT2D eigenvalue weighted by atomic mass is 9.69. The fourth-order valence-electron chi connectivity index (χ4n) is 6.27. The molecule has 9 heteroatoms. The Labute approximate surface area is 333 Å². The van der Waals surface area contributed by atoms with Gasteiger partial charge in [-0.2, -0.15) is 5.26 Å². The minimum Gasteiger partial charge on any atom is -0.386 e. The quantitative estimate of drug-likeness (QED) is 0.0724. The number of aliphatic imine (C=N–C) groups is 1. The highest BCUT2D eigenvalue weighted by molar-refractivity contribution is 5.99. The standard InChI is InChI=1S/C41H57N7O2.C3H6.C2H6/c1-9-10-26-48(32(4)28-42)38(49)29-44-25-24-41(40(43)45-36-21-18-30(2)19-22-36)35(16-12-11-14-31(3)46(5)6)17-13-15-33-27-34(20-23-37(33)41)39(50)47(7)8;1-3-2;1-2/h12,16-23,27,32,44H,3,9-11,13-15,24-26,29H2,1-2,4-8H3,(H2,43,45);3H,1H2,2H3;1-2H3/b16-12-;;. The third kappa shape index (κ3) is 14.3. The number of hydrogen-bond donors (Lipinski definition) is 2. The molecular weight excluding hydrogens is 683 g/mol. The SMILES string of the molecule is C=C(CC/C=C\C1=CCCc2cc(C(=O)N(C)C)ccc2C1(CCNCC(=O)N(CCCC)C(C)C#N)C(N)=Nc1ccc(C)cc1)N(C)C.C=CC.CC. The van der Waals surface area contributed by atoms with Gasteiger partial charge in [0.2, 0.25) is 5.91 Å². The van der Waals surface area contributed by atoms with Crippen LogP contribution in [0.25, 0.3) is 0 Å². The molecule has 0 aromatic heterocycles. The summed E-state index contributed by atoms with van der Waals surface area (Å²) in [6.45, 7) is 20.4. The van der Waals surface area contributed by atoms with Crippen LogP contribution in [-0.2, 0) is 16.6 Å². The van der Waals surface area contributed by atoms with E-state index in [1.807, 2.05) is 89.2 Å². The lowest BCUT2D eigenvalue weighted by molar-refractivity contribution is -0.131. The summed E-state index contributed by atoms with van der Waals surface area (Å²) in [7, 11) is 7.52. The van der Waals surface area contributed by atoms with E-state index in [0.717, 1.165) is 72.2 Å². The Hall–Kier alpha value is -4.94. The van der Waals surface area contributed by atoms with Gasteiger partial charge in [0.05, 0.1) is 23.7 Å². The molecular formula is C46H69N7O2. The van der Waals surface area contributed by atoms with Crippen LogP contribution in [0.1, 0.15) is 100 Å². The van der Waals surface area contributed by atoms with Crippen LogP contribution in [0.2, 0.25) is 0 Å². The van der Waals surface area contributed by atoms with Gasteiger partial charge in [0.25, 0.3) is 5.91 Å². The van der Waals surface area contributed by atoms with Crippen molar-refractivity contribution in [3.05, 3.63) is 113 Å². The summed E-state index contributed by atoms with van der Waals surface area (Å²) in [5, 5.41) is 13.0. The fourth-order valence-corrected chi connectivity index (χ4v) is 6.27. The third-order valence-corrected chi connectivity index (χ3v) is 9.42. The summed E-state index contributed by atoms with van der Waals surface area (Å²) in [5.41, 5.74) is 13.0. The topological polar surface area (TPSA) is 118 Å². The number of unbranched alkanes of at least 4 members (excludes halogenated alkanes) is 1. The van der Waals surface area contributed by atoms with E-state index < -0.39 is 11.5 Å². The molecule has 3 N–H and O–H groups in total. The van der Waals surface area contributed by atoms with Crippen LogP contribution >= 0.6 is 0 Å². The summed E-state index contributed by atoms with van der Waals surface area (Å²) < 4.78 is 0. The van der Waals surface area contributed by atoms with Gasteiger partial charge in [-0.25, -0.2) is 4.99 Å². The molecule has 0 fully saturated rings. The van der Waals surface area contributed by atoms with Crippen LogP contribution in [0.5, 0.6) is 0 Å². The molecule has 0 saturated heterocycles. The van der Waals surface area contributed by atoms with E-state index in [1.54, 1.807) is 36.9 Å². The molecule has 2 amide bonds. The van der Waals surface area contributed by atoms with Crippen LogP contribution in [-0.4, -0.2) is 86.2 Å². The Bertz CT molecular complexity index is 1660. The van der Waals surface area contributed by atoms with Crippen molar-refractivity contribution < 1.29 is 9.59 Å². The van der Waals surface area contributed by atoms with Crippen molar-refractivity contribution in [1.29, 1.82) is 5.26 Å². The molecule has 55 heavy (non-hydrogen) atoms. The number of carbonyl (C=O) groups is 2. The van der Waals surface area contributed by atoms with Crippen LogP contribution < -0.4 is 11.1 Å². The number of nitrogens with two attached hydrogens (primary N) is 1. The van der Waals surface area contributed by atoms with Gasteiger partial charge in [-0.1, -0.05) is 81.8 Å². The zero-order valence-electron chi connectivity index (χ0n) is 35.5. The van der Waals surface area contributed by atoms with Gasteiger partial charge < -0.3 is 25.8 Å². The van der Waals surface area contributed by atoms with E-state index in [-0.39, 0.29) is 18.4 Å². The van der Waals surface area contributed by atoms with E-state index >= 15 is 0 Å². The average Bonchev–Trinajstić information content (AvgIpc) is 3.33. The maximum atomic E-state index is 13.3. The van der Waals surface area contributed by atoms with Gasteiger partial charge in [0, 0.05) is 46.0 Å². The second kappa shape index (κ2) is 25.2. The van der Waals surface area contributed by atoms with Crippen molar-refractivity contribution in [3.63, 3.8) is 0 Å². The number of amides is 2. The predicted molar refractivity (Wildman–Crippen MR) is 233 cm³/mol. The molecule has 1 aliphatic rings. The minimum absolute atomic E-state index is 0.0578. The lowest BCUT2D eigenvalue weighted by Crippen LogP contribution is -2.47. The highest BCUT2D eigenvalue weighted by atomic mass is 16.2. The van der Waals surface area contributed by atoms with E-state index in [1.165, 1.54) is 0 Å². The first-order chi connectivity index (χ1) is 26.3. The summed E-state index contributed by atoms with van der Waals surface area (Å²) in [6, 6.07) is 15.6. The van der Waals surface area contributed by atoms with E-state index in [2.05, 4.69) is 49.7 Å². The Morgan fingerprint density at radius 3 is 2.35 bits per heavy atom. The molecule has 0 bridgehead atoms. The van der Waals surface area contributed by atoms with Gasteiger partial charge in [-0.15, -0.1) is 6.58 Å². The maximum Gasteiger partial charge on any atom is 0.253 e. The monoisotopic (exact) mass is 752 g/mol. The third-order valence-electron chi connectivity index (χ3n) is 9.42. The number of amidine groups is 1. The molecule has 2 aromatic rings. The molecule has 0 heterocycles. The molecule has 0 aliphatic heterocycles.